The third-order valence-electron chi connectivity index (χ3n) is 4.74. The highest BCUT2D eigenvalue weighted by molar-refractivity contribution is 6.30. The fraction of sp³-hybridized carbons (Fsp3) is 0.190. The number of hydrogen-bond acceptors (Lipinski definition) is 5. The van der Waals surface area contributed by atoms with Gasteiger partial charge < -0.3 is 19.0 Å². The first-order valence-corrected chi connectivity index (χ1v) is 9.41. The van der Waals surface area contributed by atoms with Crippen molar-refractivity contribution in [3.05, 3.63) is 71.0 Å². The van der Waals surface area contributed by atoms with E-state index >= 15 is 0 Å². The molecular formula is C21H19ClN4O3. The number of carbonyl (C=O) groups is 1. The van der Waals surface area contributed by atoms with Crippen molar-refractivity contribution in [2.75, 3.05) is 11.9 Å². The summed E-state index contributed by atoms with van der Waals surface area (Å²) >= 11 is 5.85. The summed E-state index contributed by atoms with van der Waals surface area (Å²) in [6, 6.07) is 10.6. The molecule has 0 fully saturated rings. The van der Waals surface area contributed by atoms with Gasteiger partial charge in [0.05, 0.1) is 18.2 Å². The Morgan fingerprint density at radius 3 is 2.72 bits per heavy atom. The first-order valence-electron chi connectivity index (χ1n) is 9.04. The summed E-state index contributed by atoms with van der Waals surface area (Å²) in [7, 11) is 0. The van der Waals surface area contributed by atoms with Crippen molar-refractivity contribution in [2.45, 2.75) is 20.4 Å². The van der Waals surface area contributed by atoms with Crippen LogP contribution in [-0.4, -0.2) is 27.0 Å². The van der Waals surface area contributed by atoms with E-state index in [1.54, 1.807) is 30.5 Å². The van der Waals surface area contributed by atoms with Crippen molar-refractivity contribution >= 4 is 34.4 Å². The smallest absolute Gasteiger partial charge is 0.263 e. The van der Waals surface area contributed by atoms with Crippen molar-refractivity contribution in [2.24, 2.45) is 0 Å². The van der Waals surface area contributed by atoms with Crippen molar-refractivity contribution in [3.8, 4) is 5.75 Å². The van der Waals surface area contributed by atoms with Gasteiger partial charge in [0.2, 0.25) is 0 Å². The van der Waals surface area contributed by atoms with Crippen LogP contribution in [0.1, 0.15) is 17.0 Å². The van der Waals surface area contributed by atoms with Gasteiger partial charge >= 0.3 is 0 Å². The number of rotatable bonds is 6. The Labute approximate surface area is 172 Å². The minimum absolute atomic E-state index is 0.141. The van der Waals surface area contributed by atoms with Gasteiger partial charge in [-0.25, -0.2) is 9.97 Å². The molecule has 0 aliphatic heterocycles. The van der Waals surface area contributed by atoms with E-state index in [1.807, 2.05) is 30.5 Å². The van der Waals surface area contributed by atoms with Gasteiger partial charge in [-0.15, -0.1) is 0 Å². The van der Waals surface area contributed by atoms with E-state index in [2.05, 4.69) is 15.3 Å². The lowest BCUT2D eigenvalue weighted by molar-refractivity contribution is -0.118. The molecule has 1 aromatic carbocycles. The van der Waals surface area contributed by atoms with Gasteiger partial charge in [-0.3, -0.25) is 4.79 Å². The van der Waals surface area contributed by atoms with Gasteiger partial charge in [0.25, 0.3) is 5.91 Å². The first kappa shape index (κ1) is 19.0. The maximum atomic E-state index is 12.4. The minimum atomic E-state index is -0.309. The van der Waals surface area contributed by atoms with Crippen molar-refractivity contribution in [1.82, 2.24) is 14.5 Å². The average molecular weight is 411 g/mol. The molecule has 1 amide bonds. The normalized spacial score (nSPS) is 11.0. The van der Waals surface area contributed by atoms with Crippen LogP contribution in [-0.2, 0) is 11.3 Å². The molecule has 0 unspecified atom stereocenters. The maximum absolute atomic E-state index is 12.4. The van der Waals surface area contributed by atoms with E-state index in [0.717, 1.165) is 28.1 Å². The minimum Gasteiger partial charge on any atom is -0.484 e. The molecule has 0 aliphatic carbocycles. The van der Waals surface area contributed by atoms with Crippen LogP contribution in [0.3, 0.4) is 0 Å². The van der Waals surface area contributed by atoms with Gasteiger partial charge in [-0.2, -0.15) is 0 Å². The molecule has 3 aromatic heterocycles. The molecule has 8 heteroatoms. The lowest BCUT2D eigenvalue weighted by atomic mass is 10.2. The Morgan fingerprint density at radius 1 is 1.21 bits per heavy atom. The second kappa shape index (κ2) is 7.97. The van der Waals surface area contributed by atoms with Crippen molar-refractivity contribution < 1.29 is 13.9 Å². The molecule has 4 aromatic rings. The predicted octanol–water partition coefficient (Wildman–Crippen LogP) is 4.36. The highest BCUT2D eigenvalue weighted by Gasteiger charge is 2.18. The van der Waals surface area contributed by atoms with Crippen LogP contribution in [0.2, 0.25) is 5.02 Å². The number of benzene rings is 1. The molecule has 0 radical (unpaired) electrons. The number of hydrogen-bond donors (Lipinski definition) is 1. The van der Waals surface area contributed by atoms with E-state index < -0.39 is 0 Å². The largest absolute Gasteiger partial charge is 0.484 e. The lowest BCUT2D eigenvalue weighted by Crippen LogP contribution is -2.21. The first-order chi connectivity index (χ1) is 14.0. The van der Waals surface area contributed by atoms with Gasteiger partial charge in [0, 0.05) is 10.7 Å². The molecule has 0 spiro atoms. The third-order valence-corrected chi connectivity index (χ3v) is 4.99. The molecule has 29 heavy (non-hydrogen) atoms. The van der Waals surface area contributed by atoms with Gasteiger partial charge in [-0.05, 0) is 55.8 Å². The zero-order chi connectivity index (χ0) is 20.4. The van der Waals surface area contributed by atoms with Crippen LogP contribution in [0.4, 0.5) is 5.82 Å². The second-order valence-corrected chi connectivity index (χ2v) is 7.02. The number of aromatic nitrogens is 3. The number of halogens is 1. The summed E-state index contributed by atoms with van der Waals surface area (Å²) in [5.74, 6) is 1.54. The van der Waals surface area contributed by atoms with Gasteiger partial charge in [0.15, 0.2) is 6.61 Å². The number of aryl methyl sites for hydroxylation is 1. The van der Waals surface area contributed by atoms with Crippen LogP contribution in [0.15, 0.2) is 53.4 Å². The number of anilines is 1. The van der Waals surface area contributed by atoms with Crippen molar-refractivity contribution in [3.63, 3.8) is 0 Å². The number of fused-ring (bicyclic) bond motifs is 1. The zero-order valence-corrected chi connectivity index (χ0v) is 16.7. The fourth-order valence-corrected chi connectivity index (χ4v) is 3.29. The van der Waals surface area contributed by atoms with Gasteiger partial charge in [0.1, 0.15) is 29.3 Å². The molecule has 1 N–H and O–H groups in total. The summed E-state index contributed by atoms with van der Waals surface area (Å²) in [5, 5.41) is 4.24. The Hall–Kier alpha value is -3.32. The Kier molecular flexibility index (Phi) is 5.22. The summed E-state index contributed by atoms with van der Waals surface area (Å²) < 4.78 is 13.0. The molecule has 3 heterocycles. The summed E-state index contributed by atoms with van der Waals surface area (Å²) in [6.45, 7) is 4.40. The van der Waals surface area contributed by atoms with E-state index in [0.29, 0.717) is 23.1 Å². The molecule has 0 saturated heterocycles. The molecule has 0 aliphatic rings. The molecule has 0 saturated carbocycles. The van der Waals surface area contributed by atoms with Gasteiger partial charge in [-0.1, -0.05) is 11.6 Å². The van der Waals surface area contributed by atoms with E-state index in [4.69, 9.17) is 20.8 Å². The summed E-state index contributed by atoms with van der Waals surface area (Å²) in [6.07, 6.45) is 3.08. The van der Waals surface area contributed by atoms with Crippen LogP contribution >= 0.6 is 11.6 Å². The van der Waals surface area contributed by atoms with Crippen LogP contribution in [0, 0.1) is 13.8 Å². The lowest BCUT2D eigenvalue weighted by Gasteiger charge is -2.08. The quantitative estimate of drug-likeness (QED) is 0.510. The Bertz CT molecular complexity index is 1150. The Balaban J connectivity index is 1.56. The number of ether oxygens (including phenoxy) is 1. The fourth-order valence-electron chi connectivity index (χ4n) is 3.16. The molecule has 0 bridgehead atoms. The number of nitrogens with one attached hydrogen (secondary N) is 1. The predicted molar refractivity (Wildman–Crippen MR) is 110 cm³/mol. The highest BCUT2D eigenvalue weighted by atomic mass is 35.5. The molecule has 7 nitrogen and oxygen atoms in total. The van der Waals surface area contributed by atoms with Crippen LogP contribution in [0.25, 0.3) is 11.0 Å². The highest BCUT2D eigenvalue weighted by Crippen LogP contribution is 2.29. The van der Waals surface area contributed by atoms with Crippen LogP contribution in [0.5, 0.6) is 5.75 Å². The summed E-state index contributed by atoms with van der Waals surface area (Å²) in [4.78, 5) is 21.1. The van der Waals surface area contributed by atoms with E-state index in [-0.39, 0.29) is 12.5 Å². The van der Waals surface area contributed by atoms with E-state index in [9.17, 15) is 4.79 Å². The number of amides is 1. The molecular weight excluding hydrogens is 392 g/mol. The standard InChI is InChI=1S/C21H19ClN4O3/c1-13-14(2)26(10-17-4-3-9-28-17)21-19(13)20(23-12-24-21)25-18(27)11-29-16-7-5-15(22)6-8-16/h3-9,12H,10-11H2,1-2H3,(H,23,24,25,27). The van der Waals surface area contributed by atoms with E-state index in [1.165, 1.54) is 6.33 Å². The number of carbonyl (C=O) groups excluding carboxylic acids is 1. The number of furan rings is 1. The Morgan fingerprint density at radius 2 is 2.00 bits per heavy atom. The maximum Gasteiger partial charge on any atom is 0.263 e. The van der Waals surface area contributed by atoms with Crippen molar-refractivity contribution in [1.29, 1.82) is 0 Å². The summed E-state index contributed by atoms with van der Waals surface area (Å²) in [5.41, 5.74) is 2.77. The second-order valence-electron chi connectivity index (χ2n) is 6.59. The third kappa shape index (κ3) is 3.95. The molecule has 148 valence electrons. The SMILES string of the molecule is Cc1c(C)n(Cc2ccco2)c2ncnc(NC(=O)COc3ccc(Cl)cc3)c12. The topological polar surface area (TPSA) is 82.2 Å². The average Bonchev–Trinajstić information content (AvgIpc) is 3.31. The molecule has 4 rings (SSSR count). The zero-order valence-electron chi connectivity index (χ0n) is 16.0. The molecule has 0 atom stereocenters. The monoisotopic (exact) mass is 410 g/mol. The number of nitrogens with zero attached hydrogens (tertiary/aromatic N) is 3. The van der Waals surface area contributed by atoms with Crippen LogP contribution < -0.4 is 10.1 Å².